The molecule has 10 heteroatoms. The second-order valence-electron chi connectivity index (χ2n) is 7.79. The molecule has 35 heavy (non-hydrogen) atoms. The number of alkyl halides is 3. The quantitative estimate of drug-likeness (QED) is 0.197. The molecule has 0 N–H and O–H groups in total. The van der Waals surface area contributed by atoms with Gasteiger partial charge in [-0.05, 0) is 55.2 Å². The van der Waals surface area contributed by atoms with Gasteiger partial charge in [0.25, 0.3) is 0 Å². The van der Waals surface area contributed by atoms with Crippen LogP contribution in [-0.4, -0.2) is 19.7 Å². The van der Waals surface area contributed by atoms with Crippen molar-refractivity contribution < 1.29 is 26.7 Å². The molecule has 182 valence electrons. The van der Waals surface area contributed by atoms with Crippen LogP contribution in [0.1, 0.15) is 41.1 Å². The van der Waals surface area contributed by atoms with Gasteiger partial charge in [-0.3, -0.25) is 4.68 Å². The first-order valence-corrected chi connectivity index (χ1v) is 10.9. The Hall–Kier alpha value is -3.95. The third-order valence-electron chi connectivity index (χ3n) is 5.18. The van der Waals surface area contributed by atoms with Crippen molar-refractivity contribution in [2.75, 3.05) is 0 Å². The summed E-state index contributed by atoms with van der Waals surface area (Å²) in [6, 6.07) is 10.1. The Morgan fingerprint density at radius 2 is 1.86 bits per heavy atom. The maximum Gasteiger partial charge on any atom is 0.416 e. The molecule has 2 heterocycles. The van der Waals surface area contributed by atoms with Crippen molar-refractivity contribution in [1.82, 2.24) is 19.7 Å². The van der Waals surface area contributed by atoms with Crippen LogP contribution in [0.4, 0.5) is 17.6 Å². The molecular formula is C25H22F4N4O2. The molecule has 0 radical (unpaired) electrons. The SMILES string of the molecule is Fc1cc(C(F)(F)F)ccc1/C=C/c1nc(COc2ccc(CCCCn3cncn3)cc2)co1. The number of hydrogen-bond acceptors (Lipinski definition) is 5. The summed E-state index contributed by atoms with van der Waals surface area (Å²) in [6.45, 7) is 1.01. The van der Waals surface area contributed by atoms with Crippen LogP contribution in [0, 0.1) is 5.82 Å². The third-order valence-corrected chi connectivity index (χ3v) is 5.18. The van der Waals surface area contributed by atoms with E-state index in [9.17, 15) is 17.6 Å². The standard InChI is InChI=1S/C25H22F4N4O2/c26-23-13-20(25(27,28)29)8-6-19(23)7-11-24-32-21(15-35-24)14-34-22-9-4-18(5-10-22)3-1-2-12-33-17-30-16-31-33/h4-11,13,15-17H,1-3,12,14H2/b11-7+. The first-order chi connectivity index (χ1) is 16.9. The lowest BCUT2D eigenvalue weighted by atomic mass is 10.1. The monoisotopic (exact) mass is 486 g/mol. The number of hydrogen-bond donors (Lipinski definition) is 0. The van der Waals surface area contributed by atoms with E-state index in [2.05, 4.69) is 15.1 Å². The fraction of sp³-hybridized carbons (Fsp3) is 0.240. The fourth-order valence-corrected chi connectivity index (χ4v) is 3.33. The first kappa shape index (κ1) is 24.2. The maximum atomic E-state index is 13.9. The van der Waals surface area contributed by atoms with E-state index in [0.29, 0.717) is 17.5 Å². The Balaban J connectivity index is 1.24. The Morgan fingerprint density at radius 3 is 2.57 bits per heavy atom. The molecule has 0 unspecified atom stereocenters. The molecule has 0 aliphatic rings. The van der Waals surface area contributed by atoms with Crippen molar-refractivity contribution in [2.24, 2.45) is 0 Å². The summed E-state index contributed by atoms with van der Waals surface area (Å²) in [7, 11) is 0. The van der Waals surface area contributed by atoms with Gasteiger partial charge < -0.3 is 9.15 Å². The lowest BCUT2D eigenvalue weighted by Gasteiger charge is -2.07. The number of unbranched alkanes of at least 4 members (excludes halogenated alkanes) is 1. The van der Waals surface area contributed by atoms with Crippen molar-refractivity contribution in [2.45, 2.75) is 38.6 Å². The van der Waals surface area contributed by atoms with Crippen LogP contribution in [0.5, 0.6) is 5.75 Å². The van der Waals surface area contributed by atoms with Gasteiger partial charge in [0, 0.05) is 18.2 Å². The topological polar surface area (TPSA) is 66.0 Å². The summed E-state index contributed by atoms with van der Waals surface area (Å²) < 4.78 is 64.7. The minimum Gasteiger partial charge on any atom is -0.487 e. The number of aryl methyl sites for hydroxylation is 2. The second-order valence-corrected chi connectivity index (χ2v) is 7.79. The average Bonchev–Trinajstić information content (AvgIpc) is 3.52. The summed E-state index contributed by atoms with van der Waals surface area (Å²) in [5, 5.41) is 4.08. The molecule has 0 fully saturated rings. The molecule has 0 aliphatic carbocycles. The molecule has 0 spiro atoms. The minimum atomic E-state index is -4.60. The molecule has 0 saturated carbocycles. The van der Waals surface area contributed by atoms with E-state index in [4.69, 9.17) is 9.15 Å². The van der Waals surface area contributed by atoms with Gasteiger partial charge in [0.2, 0.25) is 5.89 Å². The second kappa shape index (κ2) is 11.0. The number of nitrogens with zero attached hydrogens (tertiary/aromatic N) is 4. The lowest BCUT2D eigenvalue weighted by Crippen LogP contribution is -2.05. The van der Waals surface area contributed by atoms with Crippen molar-refractivity contribution in [3.8, 4) is 5.75 Å². The van der Waals surface area contributed by atoms with Crippen LogP contribution in [0.15, 0.2) is 65.8 Å². The predicted octanol–water partition coefficient (Wildman–Crippen LogP) is 6.20. The van der Waals surface area contributed by atoms with Gasteiger partial charge in [-0.2, -0.15) is 18.3 Å². The number of ether oxygens (including phenoxy) is 1. The maximum absolute atomic E-state index is 13.9. The van der Waals surface area contributed by atoms with Gasteiger partial charge in [0.05, 0.1) is 5.56 Å². The third kappa shape index (κ3) is 7.02. The number of benzene rings is 2. The van der Waals surface area contributed by atoms with Crippen molar-refractivity contribution in [3.05, 3.63) is 95.5 Å². The zero-order valence-corrected chi connectivity index (χ0v) is 18.6. The zero-order chi connectivity index (χ0) is 24.7. The highest BCUT2D eigenvalue weighted by atomic mass is 19.4. The molecule has 2 aromatic carbocycles. The van der Waals surface area contributed by atoms with Gasteiger partial charge in [0.1, 0.15) is 42.8 Å². The molecular weight excluding hydrogens is 464 g/mol. The molecule has 4 rings (SSSR count). The Bertz CT molecular complexity index is 1250. The van der Waals surface area contributed by atoms with Crippen LogP contribution in [0.3, 0.4) is 0 Å². The van der Waals surface area contributed by atoms with Gasteiger partial charge in [0.15, 0.2) is 0 Å². The number of aromatic nitrogens is 4. The van der Waals surface area contributed by atoms with E-state index in [1.165, 1.54) is 30.3 Å². The van der Waals surface area contributed by atoms with E-state index >= 15 is 0 Å². The highest BCUT2D eigenvalue weighted by Gasteiger charge is 2.30. The molecule has 0 aliphatic heterocycles. The van der Waals surface area contributed by atoms with Gasteiger partial charge >= 0.3 is 6.18 Å². The Kier molecular flexibility index (Phi) is 7.59. The summed E-state index contributed by atoms with van der Waals surface area (Å²) in [5.41, 5.74) is 0.682. The highest BCUT2D eigenvalue weighted by Crippen LogP contribution is 2.30. The zero-order valence-electron chi connectivity index (χ0n) is 18.6. The molecule has 0 amide bonds. The van der Waals surface area contributed by atoms with Crippen LogP contribution in [0.25, 0.3) is 12.2 Å². The summed E-state index contributed by atoms with van der Waals surface area (Å²) in [4.78, 5) is 8.15. The average molecular weight is 486 g/mol. The lowest BCUT2D eigenvalue weighted by molar-refractivity contribution is -0.137. The molecule has 6 nitrogen and oxygen atoms in total. The molecule has 4 aromatic rings. The van der Waals surface area contributed by atoms with Crippen LogP contribution >= 0.6 is 0 Å². The van der Waals surface area contributed by atoms with Crippen molar-refractivity contribution in [1.29, 1.82) is 0 Å². The smallest absolute Gasteiger partial charge is 0.416 e. The van der Waals surface area contributed by atoms with Crippen LogP contribution < -0.4 is 4.74 Å². The van der Waals surface area contributed by atoms with E-state index in [0.717, 1.165) is 37.9 Å². The summed E-state index contributed by atoms with van der Waals surface area (Å²) in [5.74, 6) is -0.114. The van der Waals surface area contributed by atoms with E-state index < -0.39 is 17.6 Å². The summed E-state index contributed by atoms with van der Waals surface area (Å²) in [6.07, 6.45) is 5.73. The van der Waals surface area contributed by atoms with Crippen molar-refractivity contribution >= 4 is 12.2 Å². The van der Waals surface area contributed by atoms with Crippen LogP contribution in [-0.2, 0) is 25.7 Å². The Labute approximate surface area is 198 Å². The molecule has 0 atom stereocenters. The van der Waals surface area contributed by atoms with Gasteiger partial charge in [-0.1, -0.05) is 18.2 Å². The first-order valence-electron chi connectivity index (χ1n) is 10.9. The van der Waals surface area contributed by atoms with E-state index in [1.807, 2.05) is 28.9 Å². The summed E-state index contributed by atoms with van der Waals surface area (Å²) >= 11 is 0. The number of oxazole rings is 1. The van der Waals surface area contributed by atoms with E-state index in [1.54, 1.807) is 6.33 Å². The number of rotatable bonds is 10. The normalized spacial score (nSPS) is 11.9. The molecule has 2 aromatic heterocycles. The molecule has 0 saturated heterocycles. The minimum absolute atomic E-state index is 0.00696. The van der Waals surface area contributed by atoms with Crippen LogP contribution in [0.2, 0.25) is 0 Å². The molecule has 0 bridgehead atoms. The van der Waals surface area contributed by atoms with E-state index in [-0.39, 0.29) is 18.1 Å². The van der Waals surface area contributed by atoms with Gasteiger partial charge in [-0.25, -0.2) is 14.4 Å². The predicted molar refractivity (Wildman–Crippen MR) is 121 cm³/mol. The highest BCUT2D eigenvalue weighted by molar-refractivity contribution is 5.66. The van der Waals surface area contributed by atoms with Crippen molar-refractivity contribution in [3.63, 3.8) is 0 Å². The fourth-order valence-electron chi connectivity index (χ4n) is 3.33. The number of halogens is 4. The van der Waals surface area contributed by atoms with Gasteiger partial charge in [-0.15, -0.1) is 0 Å². The Morgan fingerprint density at radius 1 is 1.03 bits per heavy atom. The largest absolute Gasteiger partial charge is 0.487 e.